The number of likely N-dealkylation sites (tertiary alicyclic amines) is 1. The molecular formula is C19H26N4O3S. The molecule has 7 nitrogen and oxygen atoms in total. The monoisotopic (exact) mass is 390 g/mol. The number of carbonyl (C=O) groups is 3. The zero-order valence-corrected chi connectivity index (χ0v) is 17.0. The molecule has 0 unspecified atom stereocenters. The van der Waals surface area contributed by atoms with Crippen LogP contribution in [0, 0.1) is 0 Å². The van der Waals surface area contributed by atoms with Gasteiger partial charge in [0.1, 0.15) is 11.5 Å². The molecule has 0 spiro atoms. The van der Waals surface area contributed by atoms with Crippen LogP contribution >= 0.6 is 11.3 Å². The lowest BCUT2D eigenvalue weighted by atomic mass is 10.0. The molecule has 0 bridgehead atoms. The van der Waals surface area contributed by atoms with Crippen molar-refractivity contribution in [3.8, 4) is 0 Å². The highest BCUT2D eigenvalue weighted by Crippen LogP contribution is 2.41. The van der Waals surface area contributed by atoms with Crippen molar-refractivity contribution in [3.63, 3.8) is 0 Å². The Kier molecular flexibility index (Phi) is 4.71. The maximum absolute atomic E-state index is 13.0. The van der Waals surface area contributed by atoms with Crippen LogP contribution in [0.25, 0.3) is 0 Å². The molecule has 0 aromatic carbocycles. The van der Waals surface area contributed by atoms with Crippen LogP contribution in [-0.4, -0.2) is 78.7 Å². The van der Waals surface area contributed by atoms with Crippen LogP contribution in [0.4, 0.5) is 5.00 Å². The molecule has 1 saturated heterocycles. The summed E-state index contributed by atoms with van der Waals surface area (Å²) in [6.45, 7) is 4.73. The van der Waals surface area contributed by atoms with Crippen molar-refractivity contribution >= 4 is 34.1 Å². The second-order valence-electron chi connectivity index (χ2n) is 7.63. The molecule has 0 radical (unpaired) electrons. The lowest BCUT2D eigenvalue weighted by Gasteiger charge is -2.31. The van der Waals surface area contributed by atoms with E-state index in [1.54, 1.807) is 11.9 Å². The molecule has 3 amide bonds. The smallest absolute Gasteiger partial charge is 0.257 e. The van der Waals surface area contributed by atoms with Crippen molar-refractivity contribution in [2.75, 3.05) is 45.2 Å². The molecule has 3 aliphatic rings. The van der Waals surface area contributed by atoms with Crippen LogP contribution in [0.15, 0.2) is 0 Å². The Bertz CT molecular complexity index is 805. The van der Waals surface area contributed by atoms with Gasteiger partial charge in [0.25, 0.3) is 5.91 Å². The van der Waals surface area contributed by atoms with Crippen LogP contribution in [0.5, 0.6) is 0 Å². The number of amides is 3. The molecule has 0 saturated carbocycles. The minimum atomic E-state index is -0.0814. The first-order valence-electron chi connectivity index (χ1n) is 9.61. The average Bonchev–Trinajstić information content (AvgIpc) is 3.21. The Balaban J connectivity index is 1.66. The minimum absolute atomic E-state index is 0.0224. The van der Waals surface area contributed by atoms with E-state index in [1.807, 2.05) is 18.9 Å². The Morgan fingerprint density at radius 1 is 1.19 bits per heavy atom. The van der Waals surface area contributed by atoms with Gasteiger partial charge in [-0.1, -0.05) is 0 Å². The quantitative estimate of drug-likeness (QED) is 0.760. The van der Waals surface area contributed by atoms with E-state index in [2.05, 4.69) is 4.90 Å². The van der Waals surface area contributed by atoms with E-state index >= 15 is 0 Å². The zero-order chi connectivity index (χ0) is 19.3. The standard InChI is InChI=1S/C19H26N4O3S/c1-4-23-15(24)11-21(3)18(26)16-12-7-9-22(10-14(12)27-19(16)23)17(25)13-6-5-8-20(13)2/h13H,4-11H2,1-3H3/t13-/m0/s1. The Morgan fingerprint density at radius 3 is 2.63 bits per heavy atom. The number of fused-ring (bicyclic) bond motifs is 3. The number of likely N-dealkylation sites (N-methyl/N-ethyl adjacent to an activating group) is 3. The summed E-state index contributed by atoms with van der Waals surface area (Å²) in [5.41, 5.74) is 1.71. The van der Waals surface area contributed by atoms with Gasteiger partial charge in [-0.15, -0.1) is 11.3 Å². The highest BCUT2D eigenvalue weighted by molar-refractivity contribution is 7.17. The molecule has 4 rings (SSSR count). The average molecular weight is 391 g/mol. The van der Waals surface area contributed by atoms with Gasteiger partial charge in [0, 0.05) is 25.0 Å². The van der Waals surface area contributed by atoms with Gasteiger partial charge in [0.05, 0.1) is 18.2 Å². The molecule has 0 aliphatic carbocycles. The summed E-state index contributed by atoms with van der Waals surface area (Å²) in [5, 5.41) is 0.758. The first-order valence-corrected chi connectivity index (χ1v) is 10.4. The van der Waals surface area contributed by atoms with Gasteiger partial charge in [-0.2, -0.15) is 0 Å². The number of hydrogen-bond acceptors (Lipinski definition) is 5. The third kappa shape index (κ3) is 2.95. The van der Waals surface area contributed by atoms with Crippen molar-refractivity contribution in [1.29, 1.82) is 0 Å². The van der Waals surface area contributed by atoms with Crippen molar-refractivity contribution in [3.05, 3.63) is 16.0 Å². The van der Waals surface area contributed by atoms with Gasteiger partial charge in [-0.05, 0) is 45.3 Å². The maximum Gasteiger partial charge on any atom is 0.257 e. The fourth-order valence-corrected chi connectivity index (χ4v) is 5.84. The van der Waals surface area contributed by atoms with Crippen LogP contribution < -0.4 is 4.90 Å². The number of anilines is 1. The highest BCUT2D eigenvalue weighted by atomic mass is 32.1. The van der Waals surface area contributed by atoms with E-state index in [4.69, 9.17) is 0 Å². The van der Waals surface area contributed by atoms with E-state index in [-0.39, 0.29) is 30.3 Å². The first-order chi connectivity index (χ1) is 12.9. The zero-order valence-electron chi connectivity index (χ0n) is 16.2. The summed E-state index contributed by atoms with van der Waals surface area (Å²) in [7, 11) is 3.69. The fraction of sp³-hybridized carbons (Fsp3) is 0.632. The number of nitrogens with zero attached hydrogens (tertiary/aromatic N) is 4. The lowest BCUT2D eigenvalue weighted by molar-refractivity contribution is -0.136. The normalized spacial score (nSPS) is 23.5. The van der Waals surface area contributed by atoms with Gasteiger partial charge < -0.3 is 14.7 Å². The summed E-state index contributed by atoms with van der Waals surface area (Å²) in [6, 6.07) is -0.0224. The van der Waals surface area contributed by atoms with E-state index in [1.165, 1.54) is 16.2 Å². The molecule has 146 valence electrons. The van der Waals surface area contributed by atoms with Gasteiger partial charge in [0.15, 0.2) is 0 Å². The first kappa shape index (κ1) is 18.4. The van der Waals surface area contributed by atoms with Crippen molar-refractivity contribution in [2.24, 2.45) is 0 Å². The molecule has 1 fully saturated rings. The number of carbonyl (C=O) groups excluding carboxylic acids is 3. The van der Waals surface area contributed by atoms with Crippen LogP contribution in [0.3, 0.4) is 0 Å². The molecule has 3 aliphatic heterocycles. The fourth-order valence-electron chi connectivity index (χ4n) is 4.40. The largest absolute Gasteiger partial charge is 0.336 e. The minimum Gasteiger partial charge on any atom is -0.336 e. The molecule has 4 heterocycles. The molecule has 1 aromatic rings. The maximum atomic E-state index is 13.0. The van der Waals surface area contributed by atoms with Crippen LogP contribution in [0.1, 0.15) is 40.6 Å². The molecular weight excluding hydrogens is 364 g/mol. The van der Waals surface area contributed by atoms with Crippen LogP contribution in [-0.2, 0) is 22.6 Å². The summed E-state index contributed by atoms with van der Waals surface area (Å²) in [5.74, 6) is 0.0597. The molecule has 1 aromatic heterocycles. The number of rotatable bonds is 2. The topological polar surface area (TPSA) is 64.2 Å². The van der Waals surface area contributed by atoms with Gasteiger partial charge in [0.2, 0.25) is 11.8 Å². The van der Waals surface area contributed by atoms with Gasteiger partial charge >= 0.3 is 0 Å². The third-order valence-electron chi connectivity index (χ3n) is 5.95. The Hall–Kier alpha value is -1.93. The summed E-state index contributed by atoms with van der Waals surface area (Å²) < 4.78 is 0. The van der Waals surface area contributed by atoms with Crippen LogP contribution in [0.2, 0.25) is 0 Å². The second kappa shape index (κ2) is 6.91. The second-order valence-corrected chi connectivity index (χ2v) is 8.72. The van der Waals surface area contributed by atoms with Gasteiger partial charge in [-0.25, -0.2) is 0 Å². The Labute approximate surface area is 163 Å². The van der Waals surface area contributed by atoms with Crippen molar-refractivity contribution in [2.45, 2.75) is 38.8 Å². The van der Waals surface area contributed by atoms with Gasteiger partial charge in [-0.3, -0.25) is 19.3 Å². The van der Waals surface area contributed by atoms with Crippen molar-refractivity contribution < 1.29 is 14.4 Å². The van der Waals surface area contributed by atoms with E-state index in [0.717, 1.165) is 34.8 Å². The highest BCUT2D eigenvalue weighted by Gasteiger charge is 2.38. The predicted octanol–water partition coefficient (Wildman–Crippen LogP) is 1.17. The van der Waals surface area contributed by atoms with E-state index < -0.39 is 0 Å². The van der Waals surface area contributed by atoms with E-state index in [9.17, 15) is 14.4 Å². The molecule has 8 heteroatoms. The molecule has 0 N–H and O–H groups in total. The summed E-state index contributed by atoms with van der Waals surface area (Å²) in [6.07, 6.45) is 2.66. The number of thiophene rings is 1. The Morgan fingerprint density at radius 2 is 1.96 bits per heavy atom. The molecule has 1 atom stereocenters. The van der Waals surface area contributed by atoms with E-state index in [0.29, 0.717) is 31.6 Å². The SMILES string of the molecule is CCN1C(=O)CN(C)C(=O)c2c1sc1c2CCN(C(=O)[C@@H]2CCCN2C)C1. The lowest BCUT2D eigenvalue weighted by Crippen LogP contribution is -2.46. The predicted molar refractivity (Wildman–Crippen MR) is 104 cm³/mol. The molecule has 27 heavy (non-hydrogen) atoms. The number of hydrogen-bond donors (Lipinski definition) is 0. The summed E-state index contributed by atoms with van der Waals surface area (Å²) in [4.78, 5) is 46.7. The third-order valence-corrected chi connectivity index (χ3v) is 7.19. The summed E-state index contributed by atoms with van der Waals surface area (Å²) >= 11 is 1.51. The van der Waals surface area contributed by atoms with Crippen molar-refractivity contribution in [1.82, 2.24) is 14.7 Å².